The molecular weight excluding hydrogens is 615 g/mol. The maximum atomic E-state index is 6.44. The predicted molar refractivity (Wildman–Crippen MR) is 200 cm³/mol. The minimum absolute atomic E-state index is 0.499. The maximum Gasteiger partial charge on any atom is 0.182 e. The van der Waals surface area contributed by atoms with Crippen LogP contribution in [0.25, 0.3) is 89.6 Å². The van der Waals surface area contributed by atoms with Gasteiger partial charge in [-0.1, -0.05) is 121 Å². The summed E-state index contributed by atoms with van der Waals surface area (Å²) in [6.45, 7) is 2.09. The zero-order chi connectivity index (χ0) is 33.4. The fraction of sp³-hybridized carbons (Fsp3) is 0.0227. The summed E-state index contributed by atoms with van der Waals surface area (Å²) in [5.74, 6) is 1.61. The lowest BCUT2D eigenvalue weighted by Gasteiger charge is -2.09. The Hall–Kier alpha value is -6.79. The Labute approximate surface area is 288 Å². The monoisotopic (exact) mass is 643 g/mol. The van der Waals surface area contributed by atoms with Crippen LogP contribution < -0.4 is 0 Å². The minimum atomic E-state index is 0.499. The molecule has 0 saturated heterocycles. The molecule has 4 heterocycles. The zero-order valence-corrected chi connectivity index (χ0v) is 27.2. The van der Waals surface area contributed by atoms with Crippen LogP contribution in [-0.2, 0) is 0 Å². The quantitative estimate of drug-likeness (QED) is 0.179. The van der Waals surface area contributed by atoms with E-state index >= 15 is 0 Å². The molecule has 0 amide bonds. The normalized spacial score (nSPS) is 11.3. The van der Waals surface area contributed by atoms with Gasteiger partial charge >= 0.3 is 0 Å². The Morgan fingerprint density at radius 2 is 1.10 bits per heavy atom. The molecule has 0 radical (unpaired) electrons. The Kier molecular flexibility index (Phi) is 7.25. The average molecular weight is 644 g/mol. The van der Waals surface area contributed by atoms with E-state index in [4.69, 9.17) is 24.4 Å². The van der Waals surface area contributed by atoms with Crippen molar-refractivity contribution in [3.8, 4) is 67.7 Å². The first-order chi connectivity index (χ1) is 24.7. The molecule has 0 N–H and O–H groups in total. The summed E-state index contributed by atoms with van der Waals surface area (Å²) in [6.07, 6.45) is 5.56. The Morgan fingerprint density at radius 3 is 1.86 bits per heavy atom. The zero-order valence-electron chi connectivity index (χ0n) is 27.2. The molecule has 0 aliphatic heterocycles. The molecule has 0 spiro atoms. The van der Waals surface area contributed by atoms with Crippen LogP contribution in [0.2, 0.25) is 0 Å². The lowest BCUT2D eigenvalue weighted by atomic mass is 9.97. The number of furan rings is 1. The van der Waals surface area contributed by atoms with E-state index in [-0.39, 0.29) is 0 Å². The largest absolute Gasteiger partial charge is 0.454 e. The van der Waals surface area contributed by atoms with E-state index in [2.05, 4.69) is 96.8 Å². The van der Waals surface area contributed by atoms with Crippen molar-refractivity contribution in [3.05, 3.63) is 164 Å². The van der Waals surface area contributed by atoms with E-state index in [1.54, 1.807) is 6.20 Å². The van der Waals surface area contributed by atoms with E-state index in [1.165, 1.54) is 11.1 Å². The SMILES string of the molecule is Cc1cccc(-c2ccc(-c3nc(-c4ccccc4)nc(-c4ccc5c(c4)oc4cncc(-c6cccc(-c7ccccc7)c6)c45)n3)nc2)c1. The molecule has 0 atom stereocenters. The van der Waals surface area contributed by atoms with Crippen LogP contribution >= 0.6 is 0 Å². The van der Waals surface area contributed by atoms with E-state index in [9.17, 15) is 0 Å². The number of aryl methyl sites for hydroxylation is 1. The van der Waals surface area contributed by atoms with Crippen LogP contribution in [0.1, 0.15) is 5.56 Å². The van der Waals surface area contributed by atoms with Crippen molar-refractivity contribution in [3.63, 3.8) is 0 Å². The number of aromatic nitrogens is 5. The first kappa shape index (κ1) is 29.4. The molecule has 0 bridgehead atoms. The summed E-state index contributed by atoms with van der Waals surface area (Å²) in [5.41, 5.74) is 11.6. The summed E-state index contributed by atoms with van der Waals surface area (Å²) in [5, 5.41) is 2.02. The Bertz CT molecular complexity index is 2650. The molecule has 0 aliphatic carbocycles. The molecule has 236 valence electrons. The lowest BCUT2D eigenvalue weighted by Crippen LogP contribution is -2.01. The van der Waals surface area contributed by atoms with Gasteiger partial charge in [-0.3, -0.25) is 9.97 Å². The van der Waals surface area contributed by atoms with Crippen molar-refractivity contribution in [1.29, 1.82) is 0 Å². The fourth-order valence-electron chi connectivity index (χ4n) is 6.44. The molecule has 6 nitrogen and oxygen atoms in total. The van der Waals surface area contributed by atoms with Crippen molar-refractivity contribution >= 4 is 21.9 Å². The van der Waals surface area contributed by atoms with Crippen LogP contribution in [0.3, 0.4) is 0 Å². The highest BCUT2D eigenvalue weighted by Gasteiger charge is 2.18. The Morgan fingerprint density at radius 1 is 0.440 bits per heavy atom. The second-order valence-electron chi connectivity index (χ2n) is 12.3. The van der Waals surface area contributed by atoms with E-state index in [0.29, 0.717) is 23.2 Å². The summed E-state index contributed by atoms with van der Waals surface area (Å²) >= 11 is 0. The number of fused-ring (bicyclic) bond motifs is 3. The molecule has 9 aromatic rings. The van der Waals surface area contributed by atoms with Gasteiger partial charge in [0.2, 0.25) is 0 Å². The molecule has 0 fully saturated rings. The number of nitrogens with zero attached hydrogens (tertiary/aromatic N) is 5. The van der Waals surface area contributed by atoms with Gasteiger partial charge in [0.15, 0.2) is 23.1 Å². The van der Waals surface area contributed by atoms with Gasteiger partial charge in [0.1, 0.15) is 11.3 Å². The summed E-state index contributed by atoms with van der Waals surface area (Å²) in [4.78, 5) is 24.1. The Balaban J connectivity index is 1.14. The van der Waals surface area contributed by atoms with Gasteiger partial charge in [-0.25, -0.2) is 15.0 Å². The van der Waals surface area contributed by atoms with Crippen molar-refractivity contribution in [2.24, 2.45) is 0 Å². The van der Waals surface area contributed by atoms with Crippen LogP contribution in [0.15, 0.2) is 163 Å². The molecule has 4 aromatic heterocycles. The number of rotatable bonds is 6. The van der Waals surface area contributed by atoms with Crippen molar-refractivity contribution < 1.29 is 4.42 Å². The van der Waals surface area contributed by atoms with E-state index in [0.717, 1.165) is 60.9 Å². The van der Waals surface area contributed by atoms with Crippen LogP contribution in [0.5, 0.6) is 0 Å². The lowest BCUT2D eigenvalue weighted by molar-refractivity contribution is 0.667. The standard InChI is InChI=1S/C44H29N5O/c1-28-10-8-15-31(22-28)35-19-21-38(46-25-35)44-48-42(30-13-6-3-7-14-30)47-43(49-44)34-18-20-36-39(24-34)50-40-27-45-26-37(41(36)40)33-17-9-16-32(23-33)29-11-4-2-5-12-29/h2-27H,1H3. The van der Waals surface area contributed by atoms with Crippen LogP contribution in [0.4, 0.5) is 0 Å². The van der Waals surface area contributed by atoms with Gasteiger partial charge in [-0.2, -0.15) is 0 Å². The third-order valence-electron chi connectivity index (χ3n) is 8.93. The van der Waals surface area contributed by atoms with E-state index < -0.39 is 0 Å². The van der Waals surface area contributed by atoms with Gasteiger partial charge in [0, 0.05) is 45.4 Å². The first-order valence-corrected chi connectivity index (χ1v) is 16.5. The first-order valence-electron chi connectivity index (χ1n) is 16.5. The molecule has 0 saturated carbocycles. The van der Waals surface area contributed by atoms with Gasteiger partial charge in [-0.15, -0.1) is 0 Å². The molecule has 0 aliphatic rings. The second-order valence-corrected chi connectivity index (χ2v) is 12.3. The summed E-state index contributed by atoms with van der Waals surface area (Å²) in [6, 6.07) is 47.4. The minimum Gasteiger partial charge on any atom is -0.454 e. The van der Waals surface area contributed by atoms with Crippen molar-refractivity contribution in [1.82, 2.24) is 24.9 Å². The van der Waals surface area contributed by atoms with Gasteiger partial charge in [-0.05, 0) is 53.4 Å². The molecule has 6 heteroatoms. The van der Waals surface area contributed by atoms with Crippen molar-refractivity contribution in [2.45, 2.75) is 6.92 Å². The molecule has 0 unspecified atom stereocenters. The predicted octanol–water partition coefficient (Wildman–Crippen LogP) is 10.9. The van der Waals surface area contributed by atoms with E-state index in [1.807, 2.05) is 67.0 Å². The summed E-state index contributed by atoms with van der Waals surface area (Å²) < 4.78 is 6.44. The average Bonchev–Trinajstić information content (AvgIpc) is 3.57. The molecule has 50 heavy (non-hydrogen) atoms. The van der Waals surface area contributed by atoms with Gasteiger partial charge in [0.25, 0.3) is 0 Å². The highest BCUT2D eigenvalue weighted by molar-refractivity contribution is 6.12. The van der Waals surface area contributed by atoms with Gasteiger partial charge in [0.05, 0.1) is 6.20 Å². The number of hydrogen-bond donors (Lipinski definition) is 0. The second kappa shape index (κ2) is 12.3. The topological polar surface area (TPSA) is 77.6 Å². The molecular formula is C44H29N5O. The van der Waals surface area contributed by atoms with Crippen molar-refractivity contribution in [2.75, 3.05) is 0 Å². The third kappa shape index (κ3) is 5.49. The summed E-state index contributed by atoms with van der Waals surface area (Å²) in [7, 11) is 0. The number of benzene rings is 5. The molecule has 5 aromatic carbocycles. The smallest absolute Gasteiger partial charge is 0.182 e. The highest BCUT2D eigenvalue weighted by Crippen LogP contribution is 2.38. The third-order valence-corrected chi connectivity index (χ3v) is 8.93. The fourth-order valence-corrected chi connectivity index (χ4v) is 6.44. The maximum absolute atomic E-state index is 6.44. The number of hydrogen-bond acceptors (Lipinski definition) is 6. The van der Waals surface area contributed by atoms with Crippen LogP contribution in [-0.4, -0.2) is 24.9 Å². The van der Waals surface area contributed by atoms with Gasteiger partial charge < -0.3 is 4.42 Å². The number of pyridine rings is 2. The van der Waals surface area contributed by atoms with Crippen LogP contribution in [0, 0.1) is 6.92 Å². The highest BCUT2D eigenvalue weighted by atomic mass is 16.3. The molecule has 9 rings (SSSR count).